The molecule has 0 aromatic heterocycles. The van der Waals surface area contributed by atoms with Crippen LogP contribution >= 0.6 is 0 Å². The first-order valence-corrected chi connectivity index (χ1v) is 13.6. The normalized spacial score (nSPS) is 14.8. The van der Waals surface area contributed by atoms with Gasteiger partial charge in [0.05, 0.1) is 19.3 Å². The molecule has 1 amide bonds. The Hall–Kier alpha value is -2.94. The molecule has 222 valence electrons. The summed E-state index contributed by atoms with van der Waals surface area (Å²) in [7, 11) is 6.78. The lowest BCUT2D eigenvalue weighted by Gasteiger charge is -2.34. The van der Waals surface area contributed by atoms with Gasteiger partial charge in [0.25, 0.3) is 5.91 Å². The molecule has 0 bridgehead atoms. The number of carbonyl (C=O) groups is 2. The number of hydrogen-bond donors (Lipinski definition) is 2. The number of nitrogens with zero attached hydrogens (tertiary/aromatic N) is 1. The van der Waals surface area contributed by atoms with E-state index in [1.54, 1.807) is 25.1 Å². The minimum atomic E-state index is -0.824. The number of ether oxygens (including phenoxy) is 3. The number of rotatable bonds is 13. The molecule has 2 aromatic carbocycles. The second-order valence-corrected chi connectivity index (χ2v) is 9.91. The first kappa shape index (κ1) is 34.1. The number of aliphatic hydroxyl groups excluding tert-OH is 1. The van der Waals surface area contributed by atoms with Crippen molar-refractivity contribution in [1.82, 2.24) is 10.2 Å². The van der Waals surface area contributed by atoms with Gasteiger partial charge in [0.2, 0.25) is 0 Å². The summed E-state index contributed by atoms with van der Waals surface area (Å²) >= 11 is 0. The first-order chi connectivity index (χ1) is 18.5. The van der Waals surface area contributed by atoms with Crippen LogP contribution in [0, 0.1) is 18.8 Å². The van der Waals surface area contributed by atoms with E-state index in [2.05, 4.69) is 5.32 Å². The number of likely N-dealkylation sites (N-methyl/N-ethyl adjacent to an activating group) is 1. The zero-order valence-corrected chi connectivity index (χ0v) is 25.3. The number of nitrogens with one attached hydrogen (secondary N) is 1. The summed E-state index contributed by atoms with van der Waals surface area (Å²) in [6.07, 6.45) is -1.85. The van der Waals surface area contributed by atoms with E-state index in [1.807, 2.05) is 92.0 Å². The van der Waals surface area contributed by atoms with Crippen molar-refractivity contribution in [3.05, 3.63) is 53.6 Å². The van der Waals surface area contributed by atoms with Gasteiger partial charge >= 0.3 is 5.97 Å². The highest BCUT2D eigenvalue weighted by Crippen LogP contribution is 2.29. The van der Waals surface area contributed by atoms with Crippen LogP contribution in [0.2, 0.25) is 0 Å². The van der Waals surface area contributed by atoms with E-state index >= 15 is 0 Å². The third kappa shape index (κ3) is 10.3. The van der Waals surface area contributed by atoms with Crippen LogP contribution in [0.5, 0.6) is 5.75 Å². The number of aryl methyl sites for hydroxylation is 1. The Kier molecular flexibility index (Phi) is 14.8. The maximum absolute atomic E-state index is 12.0. The topological polar surface area (TPSA) is 97.3 Å². The van der Waals surface area contributed by atoms with Gasteiger partial charge in [-0.2, -0.15) is 0 Å². The first-order valence-electron chi connectivity index (χ1n) is 13.6. The molecule has 0 fully saturated rings. The Balaban J connectivity index is 0. The third-order valence-corrected chi connectivity index (χ3v) is 6.63. The minimum Gasteiger partial charge on any atom is -0.488 e. The SMILES string of the molecule is CC.CNC(=O)c1cccc(-c2ccc(OC(C)C(OC)C(O)C(C)C(C)COC(=O)CN(C)C)c(C)c2)c1.[HH].[HH]. The fraction of sp³-hybridized carbons (Fsp3) is 0.548. The monoisotopic (exact) mass is 548 g/mol. The van der Waals surface area contributed by atoms with Crippen LogP contribution in [-0.4, -0.2) is 81.6 Å². The number of benzene rings is 2. The molecule has 8 heteroatoms. The molecular weight excluding hydrogens is 496 g/mol. The van der Waals surface area contributed by atoms with E-state index in [0.717, 1.165) is 16.7 Å². The van der Waals surface area contributed by atoms with Crippen LogP contribution < -0.4 is 10.1 Å². The second kappa shape index (κ2) is 16.9. The van der Waals surface area contributed by atoms with Crippen molar-refractivity contribution >= 4 is 11.9 Å². The molecule has 2 N–H and O–H groups in total. The van der Waals surface area contributed by atoms with Crippen LogP contribution in [0.15, 0.2) is 42.5 Å². The van der Waals surface area contributed by atoms with Gasteiger partial charge in [0.15, 0.2) is 0 Å². The summed E-state index contributed by atoms with van der Waals surface area (Å²) in [6.45, 7) is 12.1. The molecule has 0 radical (unpaired) electrons. The number of esters is 1. The molecule has 0 heterocycles. The Bertz CT molecular complexity index is 1050. The molecule has 0 saturated heterocycles. The molecule has 0 aliphatic heterocycles. The van der Waals surface area contributed by atoms with Crippen molar-refractivity contribution in [2.75, 3.05) is 41.4 Å². The van der Waals surface area contributed by atoms with Gasteiger partial charge in [-0.3, -0.25) is 14.5 Å². The maximum atomic E-state index is 12.0. The number of hydrogen-bond acceptors (Lipinski definition) is 7. The molecular formula is C31H52N2O6. The Morgan fingerprint density at radius 1 is 1.05 bits per heavy atom. The van der Waals surface area contributed by atoms with Crippen LogP contribution in [0.4, 0.5) is 0 Å². The fourth-order valence-corrected chi connectivity index (χ4v) is 4.14. The van der Waals surface area contributed by atoms with Gasteiger partial charge < -0.3 is 24.6 Å². The number of carbonyl (C=O) groups excluding carboxylic acids is 2. The van der Waals surface area contributed by atoms with E-state index < -0.39 is 18.3 Å². The number of amides is 1. The molecule has 5 atom stereocenters. The largest absolute Gasteiger partial charge is 0.488 e. The predicted molar refractivity (Wildman–Crippen MR) is 160 cm³/mol. The molecule has 8 nitrogen and oxygen atoms in total. The van der Waals surface area contributed by atoms with Gasteiger partial charge in [-0.25, -0.2) is 0 Å². The van der Waals surface area contributed by atoms with Gasteiger partial charge in [0.1, 0.15) is 18.0 Å². The average molecular weight is 549 g/mol. The Morgan fingerprint density at radius 2 is 1.69 bits per heavy atom. The molecule has 0 spiro atoms. The van der Waals surface area contributed by atoms with Gasteiger partial charge in [-0.1, -0.05) is 45.9 Å². The van der Waals surface area contributed by atoms with E-state index in [0.29, 0.717) is 11.3 Å². The van der Waals surface area contributed by atoms with Crippen molar-refractivity contribution in [2.24, 2.45) is 11.8 Å². The van der Waals surface area contributed by atoms with Crippen molar-refractivity contribution < 1.29 is 31.8 Å². The summed E-state index contributed by atoms with van der Waals surface area (Å²) in [5.74, 6) is -0.00682. The lowest BCUT2D eigenvalue weighted by atomic mass is 9.87. The molecule has 39 heavy (non-hydrogen) atoms. The Morgan fingerprint density at radius 3 is 2.26 bits per heavy atom. The summed E-state index contributed by atoms with van der Waals surface area (Å²) in [6, 6.07) is 13.3. The van der Waals surface area contributed by atoms with Gasteiger partial charge in [-0.15, -0.1) is 0 Å². The molecule has 5 unspecified atom stereocenters. The fourth-order valence-electron chi connectivity index (χ4n) is 4.14. The van der Waals surface area contributed by atoms with Crippen LogP contribution in [0.3, 0.4) is 0 Å². The summed E-state index contributed by atoms with van der Waals surface area (Å²) in [4.78, 5) is 25.6. The van der Waals surface area contributed by atoms with E-state index in [9.17, 15) is 14.7 Å². The standard InChI is InChI=1S/C29H42N2O6.C2H6.2H2/c1-18-14-23(22-10-9-11-24(15-22)29(34)30-5)12-13-25(18)37-21(4)28(35-8)27(33)20(3)19(2)17-36-26(32)16-31(6)7;1-2;;/h9-15,19-21,27-28,33H,16-17H2,1-8H3,(H,30,34);1-2H3;2*1H. The van der Waals surface area contributed by atoms with Crippen LogP contribution in [-0.2, 0) is 14.3 Å². The summed E-state index contributed by atoms with van der Waals surface area (Å²) < 4.78 is 17.2. The molecule has 0 aliphatic rings. The lowest BCUT2D eigenvalue weighted by Crippen LogP contribution is -2.46. The summed E-state index contributed by atoms with van der Waals surface area (Å²) in [5, 5.41) is 13.7. The lowest BCUT2D eigenvalue weighted by molar-refractivity contribution is -0.147. The molecule has 0 saturated carbocycles. The number of aliphatic hydroxyl groups is 1. The highest BCUT2D eigenvalue weighted by molar-refractivity contribution is 5.95. The predicted octanol–water partition coefficient (Wildman–Crippen LogP) is 5.06. The Labute approximate surface area is 237 Å². The molecule has 2 rings (SSSR count). The zero-order valence-electron chi connectivity index (χ0n) is 25.3. The van der Waals surface area contributed by atoms with Gasteiger partial charge in [0, 0.05) is 22.6 Å². The summed E-state index contributed by atoms with van der Waals surface area (Å²) in [5.41, 5.74) is 3.42. The highest BCUT2D eigenvalue weighted by atomic mass is 16.5. The van der Waals surface area contributed by atoms with Crippen molar-refractivity contribution in [1.29, 1.82) is 0 Å². The minimum absolute atomic E-state index is 0. The number of methoxy groups -OCH3 is 1. The van der Waals surface area contributed by atoms with E-state index in [-0.39, 0.29) is 39.7 Å². The zero-order chi connectivity index (χ0) is 29.7. The average Bonchev–Trinajstić information content (AvgIpc) is 2.93. The van der Waals surface area contributed by atoms with Crippen molar-refractivity contribution in [3.8, 4) is 16.9 Å². The highest BCUT2D eigenvalue weighted by Gasteiger charge is 2.34. The molecule has 0 aliphatic carbocycles. The third-order valence-electron chi connectivity index (χ3n) is 6.63. The quantitative estimate of drug-likeness (QED) is 0.338. The second-order valence-electron chi connectivity index (χ2n) is 9.91. The van der Waals surface area contributed by atoms with Crippen LogP contribution in [0.25, 0.3) is 11.1 Å². The maximum Gasteiger partial charge on any atom is 0.320 e. The van der Waals surface area contributed by atoms with E-state index in [1.165, 1.54) is 0 Å². The molecule has 2 aromatic rings. The smallest absolute Gasteiger partial charge is 0.320 e. The van der Waals surface area contributed by atoms with Crippen LogP contribution in [0.1, 0.15) is 53.4 Å². The van der Waals surface area contributed by atoms with Crippen molar-refractivity contribution in [3.63, 3.8) is 0 Å². The van der Waals surface area contributed by atoms with E-state index in [4.69, 9.17) is 14.2 Å². The van der Waals surface area contributed by atoms with Crippen molar-refractivity contribution in [2.45, 2.75) is 59.9 Å². The van der Waals surface area contributed by atoms with Gasteiger partial charge in [-0.05, 0) is 80.7 Å².